The van der Waals surface area contributed by atoms with Crippen molar-refractivity contribution in [2.24, 2.45) is 5.92 Å². The molecule has 1 nitrogen and oxygen atoms in total. The van der Waals surface area contributed by atoms with Gasteiger partial charge < -0.3 is 4.74 Å². The molecular formula is C22H25FO. The Morgan fingerprint density at radius 2 is 1.71 bits per heavy atom. The molecule has 4 atom stereocenters. The van der Waals surface area contributed by atoms with Crippen LogP contribution in [0.2, 0.25) is 0 Å². The van der Waals surface area contributed by atoms with Crippen LogP contribution in [0.15, 0.2) is 66.7 Å². The van der Waals surface area contributed by atoms with Gasteiger partial charge in [0.05, 0.1) is 12.2 Å². The van der Waals surface area contributed by atoms with Crippen LogP contribution in [0.3, 0.4) is 0 Å². The molecule has 1 aliphatic heterocycles. The Bertz CT molecular complexity index is 638. The van der Waals surface area contributed by atoms with Gasteiger partial charge in [-0.15, -0.1) is 0 Å². The van der Waals surface area contributed by atoms with Gasteiger partial charge in [0, 0.05) is 12.3 Å². The average Bonchev–Trinajstić information content (AvgIpc) is 2.63. The second-order valence-electron chi connectivity index (χ2n) is 6.63. The third kappa shape index (κ3) is 4.55. The van der Waals surface area contributed by atoms with Crippen molar-refractivity contribution in [2.75, 3.05) is 0 Å². The first-order valence-corrected chi connectivity index (χ1v) is 8.79. The first-order chi connectivity index (χ1) is 11.7. The highest BCUT2D eigenvalue weighted by Crippen LogP contribution is 2.31. The fourth-order valence-corrected chi connectivity index (χ4v) is 3.22. The zero-order chi connectivity index (χ0) is 16.8. The highest BCUT2D eigenvalue weighted by atomic mass is 19.1. The zero-order valence-corrected chi connectivity index (χ0v) is 14.1. The molecule has 0 bridgehead atoms. The van der Waals surface area contributed by atoms with E-state index in [4.69, 9.17) is 4.74 Å². The van der Waals surface area contributed by atoms with Gasteiger partial charge in [-0.25, -0.2) is 4.39 Å². The molecule has 0 aromatic heterocycles. The van der Waals surface area contributed by atoms with E-state index in [1.807, 2.05) is 67.6 Å². The normalized spacial score (nSPS) is 27.4. The Kier molecular flexibility index (Phi) is 5.81. The maximum Gasteiger partial charge on any atom is 0.108 e. The van der Waals surface area contributed by atoms with Crippen molar-refractivity contribution in [3.63, 3.8) is 0 Å². The van der Waals surface area contributed by atoms with Crippen molar-refractivity contribution in [3.05, 3.63) is 77.9 Å². The average molecular weight is 324 g/mol. The maximum atomic E-state index is 14.4. The maximum absolute atomic E-state index is 14.4. The molecule has 2 heteroatoms. The number of alkyl halides is 1. The van der Waals surface area contributed by atoms with Crippen LogP contribution in [-0.4, -0.2) is 18.4 Å². The van der Waals surface area contributed by atoms with Gasteiger partial charge >= 0.3 is 0 Å². The van der Waals surface area contributed by atoms with Gasteiger partial charge in [0.1, 0.15) is 6.17 Å². The van der Waals surface area contributed by atoms with Crippen LogP contribution in [0.25, 0.3) is 6.08 Å². The number of halogens is 1. The molecule has 126 valence electrons. The van der Waals surface area contributed by atoms with E-state index in [0.717, 1.165) is 18.4 Å². The van der Waals surface area contributed by atoms with E-state index in [2.05, 4.69) is 12.1 Å². The molecule has 2 aromatic rings. The number of ether oxygens (including phenoxy) is 1. The van der Waals surface area contributed by atoms with E-state index in [9.17, 15) is 4.39 Å². The second-order valence-corrected chi connectivity index (χ2v) is 6.63. The van der Waals surface area contributed by atoms with Gasteiger partial charge in [0.2, 0.25) is 0 Å². The van der Waals surface area contributed by atoms with Gasteiger partial charge in [-0.1, -0.05) is 79.7 Å². The number of aryl methyl sites for hydroxylation is 1. The van der Waals surface area contributed by atoms with Crippen LogP contribution < -0.4 is 0 Å². The molecule has 0 N–H and O–H groups in total. The van der Waals surface area contributed by atoms with E-state index < -0.39 is 6.17 Å². The molecule has 2 aromatic carbocycles. The van der Waals surface area contributed by atoms with Gasteiger partial charge in [-0.05, 0) is 24.0 Å². The number of hydrogen-bond acceptors (Lipinski definition) is 1. The van der Waals surface area contributed by atoms with E-state index in [1.54, 1.807) is 0 Å². The summed E-state index contributed by atoms with van der Waals surface area (Å²) < 4.78 is 20.6. The number of rotatable bonds is 5. The molecule has 3 rings (SSSR count). The van der Waals surface area contributed by atoms with Crippen molar-refractivity contribution in [1.29, 1.82) is 0 Å². The van der Waals surface area contributed by atoms with Gasteiger partial charge in [0.25, 0.3) is 0 Å². The minimum atomic E-state index is -0.801. The van der Waals surface area contributed by atoms with Crippen molar-refractivity contribution in [1.82, 2.24) is 0 Å². The summed E-state index contributed by atoms with van der Waals surface area (Å²) in [5.41, 5.74) is 2.40. The molecule has 1 saturated heterocycles. The zero-order valence-electron chi connectivity index (χ0n) is 14.1. The molecular weight excluding hydrogens is 299 g/mol. The lowest BCUT2D eigenvalue weighted by molar-refractivity contribution is -0.0902. The third-order valence-corrected chi connectivity index (χ3v) is 4.80. The molecule has 1 fully saturated rings. The van der Waals surface area contributed by atoms with E-state index in [1.165, 1.54) is 5.56 Å². The van der Waals surface area contributed by atoms with Crippen LogP contribution in [0.5, 0.6) is 0 Å². The summed E-state index contributed by atoms with van der Waals surface area (Å²) >= 11 is 0. The standard InChI is InChI=1S/C22H25FO/c1-17-21(23)16-20(14-12-18-8-4-2-5-9-18)24-22(17)15-13-19-10-6-3-7-11-19/h2-11,13,15,17,20-22H,12,14,16H2,1H3/b15-13+/t17-,20-,21+,22+/m1/s1. The monoisotopic (exact) mass is 324 g/mol. The van der Waals surface area contributed by atoms with Crippen molar-refractivity contribution >= 4 is 6.08 Å². The van der Waals surface area contributed by atoms with Gasteiger partial charge in [0.15, 0.2) is 0 Å². The van der Waals surface area contributed by atoms with Crippen molar-refractivity contribution in [3.8, 4) is 0 Å². The minimum absolute atomic E-state index is 0.0122. The predicted octanol–water partition coefficient (Wildman–Crippen LogP) is 5.46. The summed E-state index contributed by atoms with van der Waals surface area (Å²) in [5.74, 6) is -0.0991. The Morgan fingerprint density at radius 1 is 1.04 bits per heavy atom. The molecule has 24 heavy (non-hydrogen) atoms. The van der Waals surface area contributed by atoms with E-state index in [-0.39, 0.29) is 18.1 Å². The molecule has 0 aliphatic carbocycles. The highest BCUT2D eigenvalue weighted by Gasteiger charge is 2.34. The predicted molar refractivity (Wildman–Crippen MR) is 97.6 cm³/mol. The molecule has 1 aliphatic rings. The lowest BCUT2D eigenvalue weighted by Crippen LogP contribution is -2.40. The van der Waals surface area contributed by atoms with Crippen LogP contribution in [-0.2, 0) is 11.2 Å². The quantitative estimate of drug-likeness (QED) is 0.709. The van der Waals surface area contributed by atoms with E-state index >= 15 is 0 Å². The minimum Gasteiger partial charge on any atom is -0.370 e. The summed E-state index contributed by atoms with van der Waals surface area (Å²) in [4.78, 5) is 0. The third-order valence-electron chi connectivity index (χ3n) is 4.80. The van der Waals surface area contributed by atoms with Crippen molar-refractivity contribution in [2.45, 2.75) is 44.6 Å². The Morgan fingerprint density at radius 3 is 2.42 bits per heavy atom. The fourth-order valence-electron chi connectivity index (χ4n) is 3.22. The second kappa shape index (κ2) is 8.25. The molecule has 0 amide bonds. The molecule has 0 unspecified atom stereocenters. The fraction of sp³-hybridized carbons (Fsp3) is 0.364. The van der Waals surface area contributed by atoms with Crippen LogP contribution in [0, 0.1) is 5.92 Å². The summed E-state index contributed by atoms with van der Waals surface area (Å²) in [6.45, 7) is 1.94. The lowest BCUT2D eigenvalue weighted by atomic mass is 9.89. The Labute approximate surface area is 144 Å². The summed E-state index contributed by atoms with van der Waals surface area (Å²) in [6, 6.07) is 20.4. The smallest absolute Gasteiger partial charge is 0.108 e. The van der Waals surface area contributed by atoms with Gasteiger partial charge in [-0.3, -0.25) is 0 Å². The first-order valence-electron chi connectivity index (χ1n) is 8.79. The van der Waals surface area contributed by atoms with Crippen LogP contribution in [0.1, 0.15) is 30.9 Å². The molecule has 0 radical (unpaired) electrons. The molecule has 1 heterocycles. The lowest BCUT2D eigenvalue weighted by Gasteiger charge is -2.36. The Hall–Kier alpha value is -1.93. The van der Waals surface area contributed by atoms with E-state index in [0.29, 0.717) is 6.42 Å². The van der Waals surface area contributed by atoms with Crippen LogP contribution in [0.4, 0.5) is 4.39 Å². The summed E-state index contributed by atoms with van der Waals surface area (Å²) in [5, 5.41) is 0. The Balaban J connectivity index is 1.60. The highest BCUT2D eigenvalue weighted by molar-refractivity contribution is 5.49. The summed E-state index contributed by atoms with van der Waals surface area (Å²) in [6.07, 6.45) is 5.38. The molecule has 0 spiro atoms. The van der Waals surface area contributed by atoms with Crippen LogP contribution >= 0.6 is 0 Å². The summed E-state index contributed by atoms with van der Waals surface area (Å²) in [7, 11) is 0. The van der Waals surface area contributed by atoms with Gasteiger partial charge in [-0.2, -0.15) is 0 Å². The first kappa shape index (κ1) is 16.9. The number of hydrogen-bond donors (Lipinski definition) is 0. The topological polar surface area (TPSA) is 9.23 Å². The largest absolute Gasteiger partial charge is 0.370 e. The molecule has 0 saturated carbocycles. The SMILES string of the molecule is C[C@H]1[C@H](/C=C/c2ccccc2)O[C@H](CCc2ccccc2)C[C@@H]1F. The van der Waals surface area contributed by atoms with Crippen molar-refractivity contribution < 1.29 is 9.13 Å². The number of benzene rings is 2.